The molecule has 5 rings (SSSR count). The highest BCUT2D eigenvalue weighted by atomic mass is 19.4. The van der Waals surface area contributed by atoms with Crippen LogP contribution in [0.2, 0.25) is 0 Å². The van der Waals surface area contributed by atoms with Gasteiger partial charge in [-0.3, -0.25) is 0 Å². The average molecular weight is 613 g/mol. The van der Waals surface area contributed by atoms with Crippen LogP contribution in [-0.4, -0.2) is 57.0 Å². The van der Waals surface area contributed by atoms with Crippen molar-refractivity contribution in [3.05, 3.63) is 94.6 Å². The normalized spacial score (nSPS) is 14.0. The van der Waals surface area contributed by atoms with Crippen molar-refractivity contribution in [2.45, 2.75) is 38.5 Å². The number of pyridine rings is 1. The molecule has 1 aliphatic rings. The number of ether oxygens (including phenoxy) is 2. The Kier molecular flexibility index (Phi) is 8.56. The Labute approximate surface area is 249 Å². The van der Waals surface area contributed by atoms with Crippen LogP contribution in [0.25, 0.3) is 17.1 Å². The maximum absolute atomic E-state index is 14.3. The fourth-order valence-electron chi connectivity index (χ4n) is 5.28. The zero-order valence-corrected chi connectivity index (χ0v) is 23.8. The maximum atomic E-state index is 14.3. The SMILES string of the molecule is COC(=O)N1CCC(c2ccc(COc3cc(F)ccc3-c3cccc(-n4ncc(C(=O)O)c4C(F)(F)F)n3)c(C)c2)CC1. The predicted octanol–water partition coefficient (Wildman–Crippen LogP) is 6.62. The molecule has 230 valence electrons. The van der Waals surface area contributed by atoms with Gasteiger partial charge in [-0.2, -0.15) is 18.3 Å². The van der Waals surface area contributed by atoms with Crippen LogP contribution < -0.4 is 4.74 Å². The Morgan fingerprint density at radius 2 is 1.82 bits per heavy atom. The van der Waals surface area contributed by atoms with Crippen molar-refractivity contribution >= 4 is 12.1 Å². The first-order valence-electron chi connectivity index (χ1n) is 13.7. The van der Waals surface area contributed by atoms with Crippen LogP contribution in [-0.2, 0) is 17.5 Å². The zero-order chi connectivity index (χ0) is 31.6. The summed E-state index contributed by atoms with van der Waals surface area (Å²) in [6.45, 7) is 3.24. The monoisotopic (exact) mass is 612 g/mol. The number of carbonyl (C=O) groups is 2. The second-order valence-electron chi connectivity index (χ2n) is 10.3. The van der Waals surface area contributed by atoms with Gasteiger partial charge in [-0.25, -0.2) is 23.6 Å². The quantitative estimate of drug-likeness (QED) is 0.234. The molecule has 0 spiro atoms. The molecule has 9 nitrogen and oxygen atoms in total. The molecule has 4 aromatic rings. The van der Waals surface area contributed by atoms with E-state index in [4.69, 9.17) is 9.47 Å². The highest BCUT2D eigenvalue weighted by molar-refractivity contribution is 5.89. The summed E-state index contributed by atoms with van der Waals surface area (Å²) in [6.07, 6.45) is -3.11. The number of rotatable bonds is 7. The number of benzene rings is 2. The number of methoxy groups -OCH3 is 1. The Bertz CT molecular complexity index is 1700. The molecular formula is C31H28F4N4O5. The van der Waals surface area contributed by atoms with Gasteiger partial charge in [-0.15, -0.1) is 0 Å². The third-order valence-electron chi connectivity index (χ3n) is 7.59. The second-order valence-corrected chi connectivity index (χ2v) is 10.3. The topological polar surface area (TPSA) is 107 Å². The molecule has 0 radical (unpaired) electrons. The number of carboxylic acid groups (broad SMARTS) is 1. The lowest BCUT2D eigenvalue weighted by Crippen LogP contribution is -2.37. The van der Waals surface area contributed by atoms with Crippen molar-refractivity contribution in [1.82, 2.24) is 19.7 Å². The number of piperidine rings is 1. The van der Waals surface area contributed by atoms with Crippen LogP contribution in [0.4, 0.5) is 22.4 Å². The first-order chi connectivity index (χ1) is 21.0. The van der Waals surface area contributed by atoms with Crippen molar-refractivity contribution < 1.29 is 41.7 Å². The van der Waals surface area contributed by atoms with Crippen LogP contribution >= 0.6 is 0 Å². The van der Waals surface area contributed by atoms with E-state index in [2.05, 4.69) is 16.1 Å². The number of aromatic carboxylic acids is 1. The number of hydrogen-bond acceptors (Lipinski definition) is 6. The number of carboxylic acids is 1. The Morgan fingerprint density at radius 3 is 2.48 bits per heavy atom. The minimum Gasteiger partial charge on any atom is -0.488 e. The van der Waals surface area contributed by atoms with E-state index in [1.54, 1.807) is 4.90 Å². The van der Waals surface area contributed by atoms with E-state index in [1.807, 2.05) is 19.1 Å². The number of aromatic nitrogens is 3. The van der Waals surface area contributed by atoms with E-state index in [-0.39, 0.29) is 35.9 Å². The summed E-state index contributed by atoms with van der Waals surface area (Å²) in [5, 5.41) is 12.9. The molecule has 1 aliphatic heterocycles. The summed E-state index contributed by atoms with van der Waals surface area (Å²) in [6, 6.07) is 14.0. The van der Waals surface area contributed by atoms with Crippen LogP contribution in [0.1, 0.15) is 51.5 Å². The third-order valence-corrected chi connectivity index (χ3v) is 7.59. The fraction of sp³-hybridized carbons (Fsp3) is 0.290. The molecule has 1 fully saturated rings. The van der Waals surface area contributed by atoms with E-state index in [9.17, 15) is 32.3 Å². The summed E-state index contributed by atoms with van der Waals surface area (Å²) >= 11 is 0. The van der Waals surface area contributed by atoms with Crippen LogP contribution in [0.5, 0.6) is 5.75 Å². The fourth-order valence-corrected chi connectivity index (χ4v) is 5.28. The van der Waals surface area contributed by atoms with Crippen molar-refractivity contribution in [3.8, 4) is 22.8 Å². The van der Waals surface area contributed by atoms with Gasteiger partial charge in [-0.1, -0.05) is 24.3 Å². The van der Waals surface area contributed by atoms with E-state index < -0.39 is 29.2 Å². The maximum Gasteiger partial charge on any atom is 0.434 e. The number of halogens is 4. The number of amides is 1. The van der Waals surface area contributed by atoms with Crippen LogP contribution in [0, 0.1) is 12.7 Å². The van der Waals surface area contributed by atoms with E-state index >= 15 is 0 Å². The number of likely N-dealkylation sites (tertiary alicyclic amines) is 1. The number of aryl methyl sites for hydroxylation is 1. The van der Waals surface area contributed by atoms with Gasteiger partial charge >= 0.3 is 18.2 Å². The molecule has 2 aromatic heterocycles. The molecule has 0 unspecified atom stereocenters. The van der Waals surface area contributed by atoms with Gasteiger partial charge in [0.2, 0.25) is 0 Å². The van der Waals surface area contributed by atoms with E-state index in [0.29, 0.717) is 29.5 Å². The number of carbonyl (C=O) groups excluding carboxylic acids is 1. The molecule has 2 aromatic carbocycles. The number of nitrogens with zero attached hydrogens (tertiary/aromatic N) is 4. The lowest BCUT2D eigenvalue weighted by molar-refractivity contribution is -0.143. The smallest absolute Gasteiger partial charge is 0.434 e. The molecule has 44 heavy (non-hydrogen) atoms. The van der Waals surface area contributed by atoms with Crippen molar-refractivity contribution in [3.63, 3.8) is 0 Å². The van der Waals surface area contributed by atoms with Crippen molar-refractivity contribution in [2.24, 2.45) is 0 Å². The number of alkyl halides is 3. The molecule has 3 heterocycles. The highest BCUT2D eigenvalue weighted by Gasteiger charge is 2.41. The molecule has 0 bridgehead atoms. The summed E-state index contributed by atoms with van der Waals surface area (Å²) in [5.41, 5.74) is 0.962. The first kappa shape index (κ1) is 30.5. The Morgan fingerprint density at radius 1 is 1.07 bits per heavy atom. The molecule has 0 saturated carbocycles. The molecule has 0 atom stereocenters. The zero-order valence-electron chi connectivity index (χ0n) is 23.8. The molecule has 0 aliphatic carbocycles. The lowest BCUT2D eigenvalue weighted by atomic mass is 9.88. The molecule has 1 amide bonds. The molecule has 13 heteroatoms. The Hall–Kier alpha value is -4.94. The van der Waals surface area contributed by atoms with E-state index in [1.165, 1.54) is 43.5 Å². The summed E-state index contributed by atoms with van der Waals surface area (Å²) in [4.78, 5) is 29.1. The molecular weight excluding hydrogens is 584 g/mol. The average Bonchev–Trinajstić information content (AvgIpc) is 3.47. The van der Waals surface area contributed by atoms with Gasteiger partial charge in [-0.05, 0) is 66.6 Å². The standard InChI is InChI=1S/C31H28F4N4O5/c1-18-14-20(19-10-12-38(13-11-19)30(42)43-2)6-7-21(18)17-44-26-15-22(32)8-9-23(26)25-4-3-5-27(37-25)39-28(31(33,34)35)24(16-36-39)29(40)41/h3-9,14-16,19H,10-13,17H2,1-2H3,(H,40,41). The summed E-state index contributed by atoms with van der Waals surface area (Å²) < 4.78 is 66.9. The van der Waals surface area contributed by atoms with Gasteiger partial charge in [0.25, 0.3) is 0 Å². The van der Waals surface area contributed by atoms with E-state index in [0.717, 1.165) is 29.5 Å². The minimum atomic E-state index is -5.01. The van der Waals surface area contributed by atoms with Crippen molar-refractivity contribution in [2.75, 3.05) is 20.2 Å². The van der Waals surface area contributed by atoms with Crippen LogP contribution in [0.15, 0.2) is 60.8 Å². The second kappa shape index (κ2) is 12.3. The van der Waals surface area contributed by atoms with Gasteiger partial charge in [0.15, 0.2) is 11.5 Å². The van der Waals surface area contributed by atoms with Gasteiger partial charge < -0.3 is 19.5 Å². The molecule has 1 saturated heterocycles. The number of hydrogen-bond donors (Lipinski definition) is 1. The first-order valence-corrected chi connectivity index (χ1v) is 13.7. The van der Waals surface area contributed by atoms with Crippen molar-refractivity contribution in [1.29, 1.82) is 0 Å². The molecule has 1 N–H and O–H groups in total. The summed E-state index contributed by atoms with van der Waals surface area (Å²) in [7, 11) is 1.37. The summed E-state index contributed by atoms with van der Waals surface area (Å²) in [5.74, 6) is -2.22. The third kappa shape index (κ3) is 6.36. The Balaban J connectivity index is 1.37. The van der Waals surface area contributed by atoms with Gasteiger partial charge in [0.05, 0.1) is 19.0 Å². The highest BCUT2D eigenvalue weighted by Crippen LogP contribution is 2.35. The largest absolute Gasteiger partial charge is 0.488 e. The predicted molar refractivity (Wildman–Crippen MR) is 150 cm³/mol. The van der Waals surface area contributed by atoms with Gasteiger partial charge in [0.1, 0.15) is 23.7 Å². The van der Waals surface area contributed by atoms with Crippen LogP contribution in [0.3, 0.4) is 0 Å². The van der Waals surface area contributed by atoms with Gasteiger partial charge in [0, 0.05) is 24.7 Å². The lowest BCUT2D eigenvalue weighted by Gasteiger charge is -2.31. The minimum absolute atomic E-state index is 0.0857.